The van der Waals surface area contributed by atoms with E-state index in [0.29, 0.717) is 12.0 Å². The molecule has 0 bridgehead atoms. The molecule has 0 aliphatic carbocycles. The monoisotopic (exact) mass is 249 g/mol. The van der Waals surface area contributed by atoms with Crippen LogP contribution in [0.15, 0.2) is 48.8 Å². The molecule has 1 aromatic heterocycles. The van der Waals surface area contributed by atoms with Crippen LogP contribution in [-0.4, -0.2) is 10.1 Å². The van der Waals surface area contributed by atoms with Crippen LogP contribution < -0.4 is 0 Å². The number of aliphatic hydroxyl groups is 1. The van der Waals surface area contributed by atoms with E-state index in [1.54, 1.807) is 30.6 Å². The van der Waals surface area contributed by atoms with Crippen molar-refractivity contribution in [3.05, 3.63) is 65.5 Å². The molecule has 0 aliphatic heterocycles. The van der Waals surface area contributed by atoms with Gasteiger partial charge in [-0.2, -0.15) is 0 Å². The quantitative estimate of drug-likeness (QED) is 0.901. The summed E-state index contributed by atoms with van der Waals surface area (Å²) in [5, 5.41) is 10.0. The summed E-state index contributed by atoms with van der Waals surface area (Å²) in [6.45, 7) is 0. The predicted molar refractivity (Wildman–Crippen MR) is 64.3 cm³/mol. The fourth-order valence-electron chi connectivity index (χ4n) is 1.76. The van der Waals surface area contributed by atoms with E-state index < -0.39 is 12.5 Å². The van der Waals surface area contributed by atoms with E-state index in [4.69, 9.17) is 0 Å². The molecule has 1 unspecified atom stereocenters. The average molecular weight is 249 g/mol. The van der Waals surface area contributed by atoms with E-state index in [9.17, 15) is 13.9 Å². The number of benzene rings is 1. The normalized spacial score (nSPS) is 12.7. The Balaban J connectivity index is 2.14. The van der Waals surface area contributed by atoms with E-state index in [1.807, 2.05) is 0 Å². The molecule has 1 aromatic carbocycles. The van der Waals surface area contributed by atoms with Crippen LogP contribution in [0.1, 0.15) is 29.2 Å². The number of pyridine rings is 1. The van der Waals surface area contributed by atoms with Gasteiger partial charge in [0.1, 0.15) is 0 Å². The lowest BCUT2D eigenvalue weighted by Gasteiger charge is -2.12. The number of aromatic nitrogens is 1. The molecule has 0 saturated heterocycles. The van der Waals surface area contributed by atoms with Gasteiger partial charge in [-0.05, 0) is 29.3 Å². The van der Waals surface area contributed by atoms with Crippen LogP contribution in [0.3, 0.4) is 0 Å². The Morgan fingerprint density at radius 1 is 1.06 bits per heavy atom. The summed E-state index contributed by atoms with van der Waals surface area (Å²) in [6.07, 6.45) is 0.356. The summed E-state index contributed by atoms with van der Waals surface area (Å²) in [4.78, 5) is 3.88. The molecule has 18 heavy (non-hydrogen) atoms. The van der Waals surface area contributed by atoms with Gasteiger partial charge in [0.25, 0.3) is 6.43 Å². The van der Waals surface area contributed by atoms with Crippen LogP contribution in [0.25, 0.3) is 0 Å². The first kappa shape index (κ1) is 12.6. The van der Waals surface area contributed by atoms with Gasteiger partial charge < -0.3 is 5.11 Å². The van der Waals surface area contributed by atoms with Gasteiger partial charge in [0, 0.05) is 24.4 Å². The molecule has 0 aliphatic rings. The maximum atomic E-state index is 12.5. The third kappa shape index (κ3) is 3.11. The van der Waals surface area contributed by atoms with Crippen molar-refractivity contribution in [2.75, 3.05) is 0 Å². The third-order valence-corrected chi connectivity index (χ3v) is 2.73. The molecule has 1 atom stereocenters. The van der Waals surface area contributed by atoms with Crippen LogP contribution in [0, 0.1) is 0 Å². The SMILES string of the molecule is OC(Cc1ccncc1)c1cccc(C(F)F)c1. The molecular formula is C14H13F2NO. The highest BCUT2D eigenvalue weighted by Crippen LogP contribution is 2.24. The number of hydrogen-bond donors (Lipinski definition) is 1. The predicted octanol–water partition coefficient (Wildman–Crippen LogP) is 3.30. The molecule has 0 saturated carbocycles. The molecule has 4 heteroatoms. The number of aliphatic hydroxyl groups excluding tert-OH is 1. The van der Waals surface area contributed by atoms with Gasteiger partial charge in [0.2, 0.25) is 0 Å². The van der Waals surface area contributed by atoms with Gasteiger partial charge in [0.15, 0.2) is 0 Å². The Kier molecular flexibility index (Phi) is 3.99. The highest BCUT2D eigenvalue weighted by atomic mass is 19.3. The van der Waals surface area contributed by atoms with Gasteiger partial charge in [0.05, 0.1) is 6.10 Å². The maximum Gasteiger partial charge on any atom is 0.263 e. The Bertz CT molecular complexity index is 502. The van der Waals surface area contributed by atoms with Gasteiger partial charge in [-0.25, -0.2) is 8.78 Å². The van der Waals surface area contributed by atoms with Crippen molar-refractivity contribution in [3.63, 3.8) is 0 Å². The maximum absolute atomic E-state index is 12.5. The first-order chi connectivity index (χ1) is 8.66. The lowest BCUT2D eigenvalue weighted by atomic mass is 10.0. The molecule has 0 radical (unpaired) electrons. The van der Waals surface area contributed by atoms with Crippen LogP contribution in [0.5, 0.6) is 0 Å². The minimum atomic E-state index is -2.52. The average Bonchev–Trinajstić information content (AvgIpc) is 2.40. The second-order valence-electron chi connectivity index (χ2n) is 4.05. The molecule has 0 fully saturated rings. The van der Waals surface area contributed by atoms with Gasteiger partial charge in [-0.1, -0.05) is 18.2 Å². The Morgan fingerprint density at radius 3 is 2.39 bits per heavy atom. The van der Waals surface area contributed by atoms with Crippen molar-refractivity contribution in [1.82, 2.24) is 4.98 Å². The van der Waals surface area contributed by atoms with Gasteiger partial charge in [-0.15, -0.1) is 0 Å². The first-order valence-electron chi connectivity index (χ1n) is 5.62. The topological polar surface area (TPSA) is 33.1 Å². The Morgan fingerprint density at radius 2 is 1.72 bits per heavy atom. The molecule has 0 amide bonds. The van der Waals surface area contributed by atoms with Crippen LogP contribution in [0.2, 0.25) is 0 Å². The van der Waals surface area contributed by atoms with Crippen LogP contribution >= 0.6 is 0 Å². The van der Waals surface area contributed by atoms with Crippen molar-refractivity contribution >= 4 is 0 Å². The summed E-state index contributed by atoms with van der Waals surface area (Å²) >= 11 is 0. The number of hydrogen-bond acceptors (Lipinski definition) is 2. The van der Waals surface area contributed by atoms with Crippen LogP contribution in [-0.2, 0) is 6.42 Å². The van der Waals surface area contributed by atoms with Crippen molar-refractivity contribution < 1.29 is 13.9 Å². The van der Waals surface area contributed by atoms with Gasteiger partial charge in [-0.3, -0.25) is 4.98 Å². The molecule has 1 N–H and O–H groups in total. The first-order valence-corrected chi connectivity index (χ1v) is 5.62. The lowest BCUT2D eigenvalue weighted by Crippen LogP contribution is -2.02. The molecule has 2 aromatic rings. The fourth-order valence-corrected chi connectivity index (χ4v) is 1.76. The number of halogens is 2. The summed E-state index contributed by atoms with van der Waals surface area (Å²) in [5.74, 6) is 0. The second-order valence-corrected chi connectivity index (χ2v) is 4.05. The number of nitrogens with zero attached hydrogens (tertiary/aromatic N) is 1. The molecule has 1 heterocycles. The van der Waals surface area contributed by atoms with Crippen LogP contribution in [0.4, 0.5) is 8.78 Å². The Labute approximate surface area is 104 Å². The fraction of sp³-hybridized carbons (Fsp3) is 0.214. The molecule has 94 valence electrons. The summed E-state index contributed by atoms with van der Waals surface area (Å²) in [7, 11) is 0. The lowest BCUT2D eigenvalue weighted by molar-refractivity contribution is 0.149. The zero-order valence-electron chi connectivity index (χ0n) is 9.63. The summed E-state index contributed by atoms with van der Waals surface area (Å²) in [5.41, 5.74) is 1.35. The van der Waals surface area contributed by atoms with E-state index in [1.165, 1.54) is 18.2 Å². The second kappa shape index (κ2) is 5.69. The number of alkyl halides is 2. The molecule has 0 spiro atoms. The third-order valence-electron chi connectivity index (χ3n) is 2.73. The Hall–Kier alpha value is -1.81. The van der Waals surface area contributed by atoms with E-state index >= 15 is 0 Å². The summed E-state index contributed by atoms with van der Waals surface area (Å²) < 4.78 is 25.1. The smallest absolute Gasteiger partial charge is 0.263 e. The highest BCUT2D eigenvalue weighted by molar-refractivity contribution is 5.27. The zero-order valence-corrected chi connectivity index (χ0v) is 9.63. The molecular weight excluding hydrogens is 236 g/mol. The van der Waals surface area contributed by atoms with Crippen molar-refractivity contribution in [2.45, 2.75) is 19.0 Å². The van der Waals surface area contributed by atoms with Crippen molar-refractivity contribution in [2.24, 2.45) is 0 Å². The summed E-state index contributed by atoms with van der Waals surface area (Å²) in [6, 6.07) is 9.47. The minimum Gasteiger partial charge on any atom is -0.388 e. The van der Waals surface area contributed by atoms with Gasteiger partial charge >= 0.3 is 0 Å². The molecule has 2 rings (SSSR count). The van der Waals surface area contributed by atoms with E-state index in [-0.39, 0.29) is 5.56 Å². The standard InChI is InChI=1S/C14H13F2NO/c15-14(16)12-3-1-2-11(9-12)13(18)8-10-4-6-17-7-5-10/h1-7,9,13-14,18H,8H2. The highest BCUT2D eigenvalue weighted by Gasteiger charge is 2.12. The molecule has 2 nitrogen and oxygen atoms in total. The zero-order chi connectivity index (χ0) is 13.0. The number of rotatable bonds is 4. The minimum absolute atomic E-state index is 0.0683. The largest absolute Gasteiger partial charge is 0.388 e. The van der Waals surface area contributed by atoms with E-state index in [0.717, 1.165) is 5.56 Å². The van der Waals surface area contributed by atoms with Crippen molar-refractivity contribution in [1.29, 1.82) is 0 Å². The van der Waals surface area contributed by atoms with Crippen molar-refractivity contribution in [3.8, 4) is 0 Å². The van der Waals surface area contributed by atoms with E-state index in [2.05, 4.69) is 4.98 Å².